The standard InChI is InChI=1S/C12H14ClNO2/c1-8(14-2)3-4-9-5-10(13)12-11(6-9)15-7-16-12/h3-6,8,14H,7H2,1-2H3/b4-3+. The van der Waals surface area contributed by atoms with E-state index >= 15 is 0 Å². The molecule has 1 unspecified atom stereocenters. The second-order valence-electron chi connectivity index (χ2n) is 3.67. The number of nitrogens with one attached hydrogen (secondary N) is 1. The number of hydrogen-bond donors (Lipinski definition) is 1. The summed E-state index contributed by atoms with van der Waals surface area (Å²) in [5.41, 5.74) is 1.01. The molecule has 1 aromatic rings. The van der Waals surface area contributed by atoms with Crippen LogP contribution in [0.1, 0.15) is 12.5 Å². The third-order valence-corrected chi connectivity index (χ3v) is 2.76. The van der Waals surface area contributed by atoms with Gasteiger partial charge in [0, 0.05) is 6.04 Å². The molecule has 0 aliphatic carbocycles. The third kappa shape index (κ3) is 2.31. The van der Waals surface area contributed by atoms with Crippen LogP contribution in [0.5, 0.6) is 11.5 Å². The fourth-order valence-corrected chi connectivity index (χ4v) is 1.71. The fraction of sp³-hybridized carbons (Fsp3) is 0.333. The van der Waals surface area contributed by atoms with E-state index in [4.69, 9.17) is 21.1 Å². The van der Waals surface area contributed by atoms with E-state index in [9.17, 15) is 0 Å². The first-order valence-electron chi connectivity index (χ1n) is 5.15. The van der Waals surface area contributed by atoms with Gasteiger partial charge in [-0.05, 0) is 31.7 Å². The SMILES string of the molecule is CNC(C)/C=C/c1cc(Cl)c2c(c1)OCO2. The van der Waals surface area contributed by atoms with Crippen LogP contribution in [0.25, 0.3) is 6.08 Å². The van der Waals surface area contributed by atoms with Crippen LogP contribution in [-0.4, -0.2) is 19.9 Å². The summed E-state index contributed by atoms with van der Waals surface area (Å²) in [6, 6.07) is 4.12. The molecule has 0 saturated carbocycles. The zero-order chi connectivity index (χ0) is 11.5. The molecule has 0 bridgehead atoms. The Kier molecular flexibility index (Phi) is 3.36. The summed E-state index contributed by atoms with van der Waals surface area (Å²) >= 11 is 6.07. The molecular formula is C12H14ClNO2. The maximum atomic E-state index is 6.07. The van der Waals surface area contributed by atoms with Crippen molar-refractivity contribution in [3.8, 4) is 11.5 Å². The molecule has 0 saturated heterocycles. The van der Waals surface area contributed by atoms with Gasteiger partial charge in [-0.15, -0.1) is 0 Å². The normalized spacial score (nSPS) is 15.7. The lowest BCUT2D eigenvalue weighted by Gasteiger charge is -2.04. The van der Waals surface area contributed by atoms with Crippen molar-refractivity contribution in [2.75, 3.05) is 13.8 Å². The van der Waals surface area contributed by atoms with E-state index in [-0.39, 0.29) is 6.79 Å². The van der Waals surface area contributed by atoms with Gasteiger partial charge in [-0.25, -0.2) is 0 Å². The van der Waals surface area contributed by atoms with E-state index in [2.05, 4.69) is 18.3 Å². The number of hydrogen-bond acceptors (Lipinski definition) is 3. The average molecular weight is 240 g/mol. The van der Waals surface area contributed by atoms with Crippen LogP contribution < -0.4 is 14.8 Å². The van der Waals surface area contributed by atoms with E-state index in [1.165, 1.54) is 0 Å². The molecule has 0 aromatic heterocycles. The summed E-state index contributed by atoms with van der Waals surface area (Å²) in [5.74, 6) is 1.35. The van der Waals surface area contributed by atoms with Crippen LogP contribution in [0.2, 0.25) is 5.02 Å². The highest BCUT2D eigenvalue weighted by Crippen LogP contribution is 2.40. The van der Waals surface area contributed by atoms with E-state index in [1.54, 1.807) is 0 Å². The molecule has 2 rings (SSSR count). The molecule has 16 heavy (non-hydrogen) atoms. The van der Waals surface area contributed by atoms with Gasteiger partial charge in [0.1, 0.15) is 0 Å². The Balaban J connectivity index is 2.23. The Morgan fingerprint density at radius 1 is 1.44 bits per heavy atom. The molecule has 0 spiro atoms. The molecule has 1 heterocycles. The smallest absolute Gasteiger partial charge is 0.231 e. The van der Waals surface area contributed by atoms with Crippen molar-refractivity contribution in [1.29, 1.82) is 0 Å². The summed E-state index contributed by atoms with van der Waals surface area (Å²) in [5, 5.41) is 3.72. The Morgan fingerprint density at radius 3 is 3.00 bits per heavy atom. The minimum atomic E-state index is 0.245. The van der Waals surface area contributed by atoms with Crippen LogP contribution >= 0.6 is 11.6 Å². The molecule has 1 aliphatic heterocycles. The van der Waals surface area contributed by atoms with Crippen molar-refractivity contribution < 1.29 is 9.47 Å². The number of fused-ring (bicyclic) bond motifs is 1. The monoisotopic (exact) mass is 239 g/mol. The number of rotatable bonds is 3. The van der Waals surface area contributed by atoms with Crippen LogP contribution in [0.15, 0.2) is 18.2 Å². The van der Waals surface area contributed by atoms with Crippen molar-refractivity contribution in [2.45, 2.75) is 13.0 Å². The topological polar surface area (TPSA) is 30.5 Å². The van der Waals surface area contributed by atoms with Gasteiger partial charge in [0.25, 0.3) is 0 Å². The molecule has 1 aliphatic rings. The van der Waals surface area contributed by atoms with Gasteiger partial charge in [0.05, 0.1) is 5.02 Å². The number of likely N-dealkylation sites (N-methyl/N-ethyl adjacent to an activating group) is 1. The van der Waals surface area contributed by atoms with Crippen molar-refractivity contribution >= 4 is 17.7 Å². The summed E-state index contributed by atoms with van der Waals surface area (Å²) in [7, 11) is 1.92. The first-order valence-corrected chi connectivity index (χ1v) is 5.53. The maximum absolute atomic E-state index is 6.07. The van der Waals surface area contributed by atoms with Gasteiger partial charge in [-0.3, -0.25) is 0 Å². The zero-order valence-electron chi connectivity index (χ0n) is 9.29. The predicted octanol–water partition coefficient (Wildman–Crippen LogP) is 2.69. The van der Waals surface area contributed by atoms with Gasteiger partial charge in [-0.1, -0.05) is 23.8 Å². The van der Waals surface area contributed by atoms with Gasteiger partial charge >= 0.3 is 0 Å². The van der Waals surface area contributed by atoms with E-state index in [1.807, 2.05) is 25.3 Å². The van der Waals surface area contributed by atoms with Crippen LogP contribution in [-0.2, 0) is 0 Å². The minimum absolute atomic E-state index is 0.245. The number of halogens is 1. The minimum Gasteiger partial charge on any atom is -0.454 e. The van der Waals surface area contributed by atoms with Gasteiger partial charge in [0.15, 0.2) is 11.5 Å². The predicted molar refractivity (Wildman–Crippen MR) is 65.1 cm³/mol. The fourth-order valence-electron chi connectivity index (χ4n) is 1.44. The number of ether oxygens (including phenoxy) is 2. The zero-order valence-corrected chi connectivity index (χ0v) is 10.0. The second kappa shape index (κ2) is 4.76. The van der Waals surface area contributed by atoms with E-state index < -0.39 is 0 Å². The highest BCUT2D eigenvalue weighted by Gasteiger charge is 2.17. The Labute approximate surface area is 100 Å². The Bertz CT molecular complexity index is 418. The lowest BCUT2D eigenvalue weighted by atomic mass is 10.1. The van der Waals surface area contributed by atoms with Gasteiger partial charge < -0.3 is 14.8 Å². The van der Waals surface area contributed by atoms with E-state index in [0.29, 0.717) is 22.6 Å². The van der Waals surface area contributed by atoms with Crippen molar-refractivity contribution in [1.82, 2.24) is 5.32 Å². The lowest BCUT2D eigenvalue weighted by Crippen LogP contribution is -2.17. The largest absolute Gasteiger partial charge is 0.454 e. The van der Waals surface area contributed by atoms with Crippen LogP contribution in [0.3, 0.4) is 0 Å². The Hall–Kier alpha value is -1.19. The molecule has 1 aromatic carbocycles. The second-order valence-corrected chi connectivity index (χ2v) is 4.08. The molecule has 1 atom stereocenters. The first-order chi connectivity index (χ1) is 7.70. The molecule has 86 valence electrons. The van der Waals surface area contributed by atoms with Crippen LogP contribution in [0.4, 0.5) is 0 Å². The molecule has 0 radical (unpaired) electrons. The van der Waals surface area contributed by atoms with E-state index in [0.717, 1.165) is 5.56 Å². The average Bonchev–Trinajstić information content (AvgIpc) is 2.74. The van der Waals surface area contributed by atoms with Gasteiger partial charge in [0.2, 0.25) is 6.79 Å². The lowest BCUT2D eigenvalue weighted by molar-refractivity contribution is 0.174. The van der Waals surface area contributed by atoms with Gasteiger partial charge in [-0.2, -0.15) is 0 Å². The van der Waals surface area contributed by atoms with Crippen molar-refractivity contribution in [3.05, 3.63) is 28.8 Å². The highest BCUT2D eigenvalue weighted by molar-refractivity contribution is 6.32. The summed E-state index contributed by atoms with van der Waals surface area (Å²) in [4.78, 5) is 0. The molecule has 4 heteroatoms. The Morgan fingerprint density at radius 2 is 2.25 bits per heavy atom. The molecule has 3 nitrogen and oxygen atoms in total. The van der Waals surface area contributed by atoms with Crippen molar-refractivity contribution in [2.24, 2.45) is 0 Å². The highest BCUT2D eigenvalue weighted by atomic mass is 35.5. The molecule has 0 amide bonds. The molecule has 0 fully saturated rings. The summed E-state index contributed by atoms with van der Waals surface area (Å²) < 4.78 is 10.5. The number of benzene rings is 1. The third-order valence-electron chi connectivity index (χ3n) is 2.48. The molecular weight excluding hydrogens is 226 g/mol. The maximum Gasteiger partial charge on any atom is 0.231 e. The van der Waals surface area contributed by atoms with Crippen molar-refractivity contribution in [3.63, 3.8) is 0 Å². The quantitative estimate of drug-likeness (QED) is 0.880. The summed E-state index contributed by atoms with van der Waals surface area (Å²) in [6.45, 7) is 2.32. The first kappa shape index (κ1) is 11.3. The van der Waals surface area contributed by atoms with Crippen LogP contribution in [0, 0.1) is 0 Å². The molecule has 1 N–H and O–H groups in total. The summed E-state index contributed by atoms with van der Waals surface area (Å²) in [6.07, 6.45) is 4.07.